The van der Waals surface area contributed by atoms with Crippen molar-refractivity contribution in [3.05, 3.63) is 95.0 Å². The van der Waals surface area contributed by atoms with Gasteiger partial charge in [-0.1, -0.05) is 79.2 Å². The highest BCUT2D eigenvalue weighted by molar-refractivity contribution is 7.80. The summed E-state index contributed by atoms with van der Waals surface area (Å²) >= 11 is 12.1. The van der Waals surface area contributed by atoms with Crippen molar-refractivity contribution in [3.63, 3.8) is 0 Å². The van der Waals surface area contributed by atoms with Gasteiger partial charge in [0.2, 0.25) is 5.91 Å². The Balaban J connectivity index is 1.42. The van der Waals surface area contributed by atoms with E-state index in [0.29, 0.717) is 5.02 Å². The van der Waals surface area contributed by atoms with E-state index in [9.17, 15) is 4.79 Å². The van der Waals surface area contributed by atoms with Crippen LogP contribution in [0.5, 0.6) is 0 Å². The van der Waals surface area contributed by atoms with Crippen LogP contribution < -0.4 is 15.5 Å². The van der Waals surface area contributed by atoms with Gasteiger partial charge in [-0.3, -0.25) is 4.79 Å². The Bertz CT molecular complexity index is 1080. The van der Waals surface area contributed by atoms with Crippen LogP contribution in [-0.4, -0.2) is 48.6 Å². The van der Waals surface area contributed by atoms with Gasteiger partial charge in [-0.2, -0.15) is 0 Å². The molecule has 34 heavy (non-hydrogen) atoms. The quantitative estimate of drug-likeness (QED) is 0.467. The van der Waals surface area contributed by atoms with Gasteiger partial charge in [0.25, 0.3) is 0 Å². The monoisotopic (exact) mass is 492 g/mol. The zero-order valence-electron chi connectivity index (χ0n) is 19.2. The lowest BCUT2D eigenvalue weighted by molar-refractivity contribution is -0.120. The number of thiocarbonyl (C=S) groups is 1. The van der Waals surface area contributed by atoms with E-state index >= 15 is 0 Å². The minimum Gasteiger partial charge on any atom is -0.368 e. The Kier molecular flexibility index (Phi) is 8.16. The molecule has 1 aliphatic heterocycles. The van der Waals surface area contributed by atoms with Crippen molar-refractivity contribution >= 4 is 46.2 Å². The summed E-state index contributed by atoms with van der Waals surface area (Å²) < 4.78 is 0. The molecule has 1 saturated heterocycles. The number of carbonyl (C=O) groups is 1. The van der Waals surface area contributed by atoms with E-state index in [4.69, 9.17) is 23.8 Å². The van der Waals surface area contributed by atoms with E-state index in [1.165, 1.54) is 0 Å². The van der Waals surface area contributed by atoms with Crippen LogP contribution in [0, 0.1) is 0 Å². The predicted molar refractivity (Wildman–Crippen MR) is 145 cm³/mol. The molecule has 0 saturated carbocycles. The second-order valence-corrected chi connectivity index (χ2v) is 9.10. The number of amides is 1. The van der Waals surface area contributed by atoms with Gasteiger partial charge >= 0.3 is 0 Å². The van der Waals surface area contributed by atoms with E-state index in [1.54, 1.807) is 0 Å². The van der Waals surface area contributed by atoms with E-state index in [0.717, 1.165) is 55.2 Å². The first-order valence-electron chi connectivity index (χ1n) is 11.5. The Hall–Kier alpha value is -2.93. The first-order valence-corrected chi connectivity index (χ1v) is 12.3. The summed E-state index contributed by atoms with van der Waals surface area (Å²) in [5, 5.41) is 6.86. The number of hydrogen-bond acceptors (Lipinski definition) is 4. The van der Waals surface area contributed by atoms with Gasteiger partial charge in [0, 0.05) is 31.9 Å². The number of anilines is 2. The van der Waals surface area contributed by atoms with E-state index in [1.807, 2.05) is 78.9 Å². The van der Waals surface area contributed by atoms with Crippen LogP contribution in [0.15, 0.2) is 78.9 Å². The number of nitrogens with one attached hydrogen (secondary N) is 2. The molecule has 1 aliphatic rings. The standard InChI is InChI=1S/C27H29ClN4OS/c1-2-31-15-17-32(18-16-31)24-14-13-22(19-23(24)28)29-27(34)30-26(33)25(20-9-5-3-6-10-20)21-11-7-4-8-12-21/h3-14,19,25H,2,15-18H2,1H3,(H2,29,30,33,34). The number of nitrogens with zero attached hydrogens (tertiary/aromatic N) is 2. The molecule has 4 rings (SSSR count). The molecule has 3 aromatic carbocycles. The summed E-state index contributed by atoms with van der Waals surface area (Å²) in [4.78, 5) is 18.0. The second-order valence-electron chi connectivity index (χ2n) is 8.29. The predicted octanol–water partition coefficient (Wildman–Crippen LogP) is 5.13. The van der Waals surface area contributed by atoms with Gasteiger partial charge in [-0.25, -0.2) is 0 Å². The SMILES string of the molecule is CCN1CCN(c2ccc(NC(=S)NC(=O)C(c3ccccc3)c3ccccc3)cc2Cl)CC1. The number of piperazine rings is 1. The Morgan fingerprint density at radius 2 is 1.53 bits per heavy atom. The lowest BCUT2D eigenvalue weighted by Gasteiger charge is -2.36. The van der Waals surface area contributed by atoms with Crippen molar-refractivity contribution in [2.24, 2.45) is 0 Å². The maximum absolute atomic E-state index is 13.2. The molecule has 0 aliphatic carbocycles. The van der Waals surface area contributed by atoms with E-state index < -0.39 is 5.92 Å². The zero-order chi connectivity index (χ0) is 23.9. The average molecular weight is 493 g/mol. The first-order chi connectivity index (χ1) is 16.5. The Morgan fingerprint density at radius 1 is 0.941 bits per heavy atom. The highest BCUT2D eigenvalue weighted by Gasteiger charge is 2.23. The highest BCUT2D eigenvalue weighted by atomic mass is 35.5. The first kappa shape index (κ1) is 24.2. The van der Waals surface area contributed by atoms with Crippen molar-refractivity contribution < 1.29 is 4.79 Å². The molecule has 176 valence electrons. The smallest absolute Gasteiger partial charge is 0.238 e. The summed E-state index contributed by atoms with van der Waals surface area (Å²) in [6.07, 6.45) is 0. The van der Waals surface area contributed by atoms with Crippen molar-refractivity contribution in [3.8, 4) is 0 Å². The second kappa shape index (κ2) is 11.5. The van der Waals surface area contributed by atoms with Crippen LogP contribution in [0.1, 0.15) is 24.0 Å². The van der Waals surface area contributed by atoms with E-state index in [-0.39, 0.29) is 11.0 Å². The normalized spacial score (nSPS) is 14.1. The molecule has 0 aromatic heterocycles. The molecule has 1 amide bonds. The number of carbonyl (C=O) groups excluding carboxylic acids is 1. The lowest BCUT2D eigenvalue weighted by Crippen LogP contribution is -2.46. The fourth-order valence-corrected chi connectivity index (χ4v) is 4.80. The molecule has 7 heteroatoms. The van der Waals surface area contributed by atoms with E-state index in [2.05, 4.69) is 27.4 Å². The fourth-order valence-electron chi connectivity index (χ4n) is 4.28. The number of benzene rings is 3. The van der Waals surface area contributed by atoms with Crippen LogP contribution in [0.4, 0.5) is 11.4 Å². The van der Waals surface area contributed by atoms with Gasteiger partial charge in [-0.05, 0) is 48.1 Å². The van der Waals surface area contributed by atoms with Crippen molar-refractivity contribution in [2.45, 2.75) is 12.8 Å². The molecule has 2 N–H and O–H groups in total. The van der Waals surface area contributed by atoms with Crippen LogP contribution in [-0.2, 0) is 4.79 Å². The summed E-state index contributed by atoms with van der Waals surface area (Å²) in [6, 6.07) is 25.2. The topological polar surface area (TPSA) is 47.6 Å². The highest BCUT2D eigenvalue weighted by Crippen LogP contribution is 2.30. The number of likely N-dealkylation sites (N-methyl/N-ethyl adjacent to an activating group) is 1. The number of halogens is 1. The van der Waals surface area contributed by atoms with Crippen LogP contribution >= 0.6 is 23.8 Å². The third-order valence-electron chi connectivity index (χ3n) is 6.13. The molecule has 3 aromatic rings. The summed E-state index contributed by atoms with van der Waals surface area (Å²) in [5.74, 6) is -0.652. The number of rotatable bonds is 6. The van der Waals surface area contributed by atoms with Crippen LogP contribution in [0.2, 0.25) is 5.02 Å². The van der Waals surface area contributed by atoms with Gasteiger partial charge < -0.3 is 20.4 Å². The minimum absolute atomic E-state index is 0.189. The summed E-state index contributed by atoms with van der Waals surface area (Å²) in [5.41, 5.74) is 3.57. The zero-order valence-corrected chi connectivity index (χ0v) is 20.8. The molecule has 0 unspecified atom stereocenters. The molecular weight excluding hydrogens is 464 g/mol. The van der Waals surface area contributed by atoms with Crippen molar-refractivity contribution in [1.82, 2.24) is 10.2 Å². The third-order valence-corrected chi connectivity index (χ3v) is 6.64. The molecule has 5 nitrogen and oxygen atoms in total. The van der Waals surface area contributed by atoms with Crippen molar-refractivity contribution in [1.29, 1.82) is 0 Å². The van der Waals surface area contributed by atoms with Gasteiger partial charge in [0.05, 0.1) is 16.6 Å². The fraction of sp³-hybridized carbons (Fsp3) is 0.259. The third kappa shape index (κ3) is 5.95. The Labute approximate surface area is 211 Å². The molecule has 1 fully saturated rings. The maximum Gasteiger partial charge on any atom is 0.238 e. The Morgan fingerprint density at radius 3 is 2.06 bits per heavy atom. The van der Waals surface area contributed by atoms with Crippen LogP contribution in [0.3, 0.4) is 0 Å². The molecular formula is C27H29ClN4OS. The summed E-state index contributed by atoms with van der Waals surface area (Å²) in [7, 11) is 0. The molecule has 0 radical (unpaired) electrons. The molecule has 0 spiro atoms. The molecule has 0 bridgehead atoms. The average Bonchev–Trinajstić information content (AvgIpc) is 2.86. The van der Waals surface area contributed by atoms with Gasteiger partial charge in [0.15, 0.2) is 5.11 Å². The van der Waals surface area contributed by atoms with Gasteiger partial charge in [0.1, 0.15) is 0 Å². The molecule has 1 heterocycles. The van der Waals surface area contributed by atoms with Crippen LogP contribution in [0.25, 0.3) is 0 Å². The summed E-state index contributed by atoms with van der Waals surface area (Å²) in [6.45, 7) is 7.24. The lowest BCUT2D eigenvalue weighted by atomic mass is 9.90. The maximum atomic E-state index is 13.2. The largest absolute Gasteiger partial charge is 0.368 e. The van der Waals surface area contributed by atoms with Gasteiger partial charge in [-0.15, -0.1) is 0 Å². The minimum atomic E-state index is -0.463. The number of hydrogen-bond donors (Lipinski definition) is 2. The molecule has 0 atom stereocenters. The van der Waals surface area contributed by atoms with Crippen molar-refractivity contribution in [2.75, 3.05) is 42.9 Å².